The highest BCUT2D eigenvalue weighted by atomic mass is 35.5. The number of halogens is 1. The molecule has 0 aromatic carbocycles. The first-order valence-electron chi connectivity index (χ1n) is 7.91. The Labute approximate surface area is 133 Å². The van der Waals surface area contributed by atoms with Gasteiger partial charge in [0.15, 0.2) is 0 Å². The number of piperidine rings is 2. The highest BCUT2D eigenvalue weighted by Crippen LogP contribution is 2.20. The Morgan fingerprint density at radius 2 is 1.95 bits per heavy atom. The lowest BCUT2D eigenvalue weighted by Gasteiger charge is -2.37. The molecule has 0 aromatic rings. The van der Waals surface area contributed by atoms with Gasteiger partial charge >= 0.3 is 0 Å². The lowest BCUT2D eigenvalue weighted by molar-refractivity contribution is -0.145. The van der Waals surface area contributed by atoms with Gasteiger partial charge in [0.25, 0.3) is 0 Å². The summed E-state index contributed by atoms with van der Waals surface area (Å²) in [6, 6.07) is -0.0465. The van der Waals surface area contributed by atoms with E-state index in [1.807, 2.05) is 13.8 Å². The second kappa shape index (κ2) is 8.59. The van der Waals surface area contributed by atoms with Gasteiger partial charge in [-0.2, -0.15) is 0 Å². The van der Waals surface area contributed by atoms with E-state index in [1.165, 1.54) is 0 Å². The second-order valence-corrected chi connectivity index (χ2v) is 6.25. The molecule has 2 aliphatic heterocycles. The predicted octanol–water partition coefficient (Wildman–Crippen LogP) is 1.31. The van der Waals surface area contributed by atoms with Crippen LogP contribution in [0.15, 0.2) is 0 Å². The van der Waals surface area contributed by atoms with Gasteiger partial charge in [0.1, 0.15) is 6.04 Å². The SMILES string of the molecule is CC(C)C(=O)N1CCCCC1C(=O)N[C@H]1CCCNC1.Cl. The normalized spacial score (nSPS) is 26.1. The molecule has 2 fully saturated rings. The van der Waals surface area contributed by atoms with Gasteiger partial charge in [-0.15, -0.1) is 12.4 Å². The molecule has 5 nitrogen and oxygen atoms in total. The minimum absolute atomic E-state index is 0. The summed E-state index contributed by atoms with van der Waals surface area (Å²) in [6.45, 7) is 6.40. The topological polar surface area (TPSA) is 61.4 Å². The molecule has 2 heterocycles. The van der Waals surface area contributed by atoms with Crippen molar-refractivity contribution in [1.82, 2.24) is 15.5 Å². The number of likely N-dealkylation sites (tertiary alicyclic amines) is 1. The smallest absolute Gasteiger partial charge is 0.243 e. The van der Waals surface area contributed by atoms with E-state index in [2.05, 4.69) is 10.6 Å². The largest absolute Gasteiger partial charge is 0.350 e. The number of rotatable bonds is 3. The Kier molecular flexibility index (Phi) is 7.46. The van der Waals surface area contributed by atoms with E-state index >= 15 is 0 Å². The fourth-order valence-corrected chi connectivity index (χ4v) is 3.07. The van der Waals surface area contributed by atoms with E-state index < -0.39 is 0 Å². The van der Waals surface area contributed by atoms with Gasteiger partial charge in [0.2, 0.25) is 11.8 Å². The van der Waals surface area contributed by atoms with Gasteiger partial charge in [-0.05, 0) is 38.6 Å². The molecule has 2 atom stereocenters. The Morgan fingerprint density at radius 1 is 1.19 bits per heavy atom. The third kappa shape index (κ3) is 4.85. The van der Waals surface area contributed by atoms with Gasteiger partial charge in [-0.1, -0.05) is 13.8 Å². The zero-order valence-corrected chi connectivity index (χ0v) is 13.9. The van der Waals surface area contributed by atoms with Gasteiger partial charge in [-0.25, -0.2) is 0 Å². The molecule has 21 heavy (non-hydrogen) atoms. The van der Waals surface area contributed by atoms with E-state index in [1.54, 1.807) is 4.90 Å². The third-order valence-electron chi connectivity index (χ3n) is 4.23. The third-order valence-corrected chi connectivity index (χ3v) is 4.23. The molecule has 1 unspecified atom stereocenters. The van der Waals surface area contributed by atoms with Gasteiger partial charge in [0, 0.05) is 25.0 Å². The fraction of sp³-hybridized carbons (Fsp3) is 0.867. The summed E-state index contributed by atoms with van der Waals surface area (Å²) in [6.07, 6.45) is 4.97. The molecule has 2 amide bonds. The predicted molar refractivity (Wildman–Crippen MR) is 85.5 cm³/mol. The summed E-state index contributed by atoms with van der Waals surface area (Å²) in [7, 11) is 0. The lowest BCUT2D eigenvalue weighted by atomic mass is 9.98. The Balaban J connectivity index is 0.00000220. The van der Waals surface area contributed by atoms with Crippen LogP contribution in [0.1, 0.15) is 46.0 Å². The van der Waals surface area contributed by atoms with Crippen LogP contribution in [0.25, 0.3) is 0 Å². The number of nitrogens with zero attached hydrogens (tertiary/aromatic N) is 1. The number of nitrogens with one attached hydrogen (secondary N) is 2. The fourth-order valence-electron chi connectivity index (χ4n) is 3.07. The van der Waals surface area contributed by atoms with Crippen LogP contribution >= 0.6 is 12.4 Å². The summed E-state index contributed by atoms with van der Waals surface area (Å²) < 4.78 is 0. The zero-order valence-electron chi connectivity index (χ0n) is 13.1. The molecule has 0 aromatic heterocycles. The molecule has 0 saturated carbocycles. The van der Waals surface area contributed by atoms with Gasteiger partial charge < -0.3 is 15.5 Å². The van der Waals surface area contributed by atoms with Crippen LogP contribution in [0.3, 0.4) is 0 Å². The number of hydrogen-bond donors (Lipinski definition) is 2. The van der Waals surface area contributed by atoms with E-state index in [4.69, 9.17) is 0 Å². The number of carbonyl (C=O) groups excluding carboxylic acids is 2. The van der Waals surface area contributed by atoms with Crippen LogP contribution in [0.2, 0.25) is 0 Å². The van der Waals surface area contributed by atoms with Gasteiger partial charge in [-0.3, -0.25) is 9.59 Å². The number of carbonyl (C=O) groups is 2. The lowest BCUT2D eigenvalue weighted by Crippen LogP contribution is -2.56. The Bertz CT molecular complexity index is 357. The van der Waals surface area contributed by atoms with E-state index in [0.29, 0.717) is 0 Å². The number of hydrogen-bond acceptors (Lipinski definition) is 3. The van der Waals surface area contributed by atoms with Crippen molar-refractivity contribution in [2.45, 2.75) is 58.0 Å². The maximum absolute atomic E-state index is 12.5. The molecular formula is C15H28ClN3O2. The van der Waals surface area contributed by atoms with Crippen molar-refractivity contribution >= 4 is 24.2 Å². The average molecular weight is 318 g/mol. The molecule has 6 heteroatoms. The molecule has 0 radical (unpaired) electrons. The molecule has 122 valence electrons. The summed E-state index contributed by atoms with van der Waals surface area (Å²) in [5, 5.41) is 6.42. The molecule has 0 aliphatic carbocycles. The molecule has 0 spiro atoms. The van der Waals surface area contributed by atoms with Crippen molar-refractivity contribution in [2.75, 3.05) is 19.6 Å². The number of amides is 2. The highest BCUT2D eigenvalue weighted by molar-refractivity contribution is 5.88. The van der Waals surface area contributed by atoms with Crippen molar-refractivity contribution in [3.05, 3.63) is 0 Å². The summed E-state index contributed by atoms with van der Waals surface area (Å²) in [4.78, 5) is 26.5. The first-order chi connectivity index (χ1) is 9.59. The molecule has 2 N–H and O–H groups in total. The zero-order chi connectivity index (χ0) is 14.5. The molecular weight excluding hydrogens is 290 g/mol. The first kappa shape index (κ1) is 18.2. The van der Waals surface area contributed by atoms with Crippen molar-refractivity contribution in [2.24, 2.45) is 5.92 Å². The summed E-state index contributed by atoms with van der Waals surface area (Å²) in [5.41, 5.74) is 0. The van der Waals surface area contributed by atoms with Crippen LogP contribution < -0.4 is 10.6 Å². The van der Waals surface area contributed by atoms with Crippen LogP contribution in [0.5, 0.6) is 0 Å². The van der Waals surface area contributed by atoms with Crippen LogP contribution in [0.4, 0.5) is 0 Å². The standard InChI is InChI=1S/C15H27N3O2.ClH/c1-11(2)15(20)18-9-4-3-7-13(18)14(19)17-12-6-5-8-16-10-12;/h11-13,16H,3-10H2,1-2H3,(H,17,19);1H/t12-,13?;/m0./s1. The van der Waals surface area contributed by atoms with Crippen LogP contribution in [-0.4, -0.2) is 48.4 Å². The van der Waals surface area contributed by atoms with Crippen molar-refractivity contribution < 1.29 is 9.59 Å². The summed E-state index contributed by atoms with van der Waals surface area (Å²) in [5.74, 6) is 0.0961. The maximum Gasteiger partial charge on any atom is 0.243 e. The molecule has 2 saturated heterocycles. The maximum atomic E-state index is 12.5. The van der Waals surface area contributed by atoms with Crippen molar-refractivity contribution in [3.8, 4) is 0 Å². The Hall–Kier alpha value is -0.810. The monoisotopic (exact) mass is 317 g/mol. The van der Waals surface area contributed by atoms with Crippen LogP contribution in [-0.2, 0) is 9.59 Å². The minimum Gasteiger partial charge on any atom is -0.350 e. The van der Waals surface area contributed by atoms with Crippen LogP contribution in [0, 0.1) is 5.92 Å². The van der Waals surface area contributed by atoms with E-state index in [0.717, 1.165) is 51.7 Å². The highest BCUT2D eigenvalue weighted by Gasteiger charge is 2.33. The quantitative estimate of drug-likeness (QED) is 0.825. The molecule has 2 aliphatic rings. The van der Waals surface area contributed by atoms with E-state index in [-0.39, 0.29) is 42.2 Å². The van der Waals surface area contributed by atoms with E-state index in [9.17, 15) is 9.59 Å². The molecule has 2 rings (SSSR count). The second-order valence-electron chi connectivity index (χ2n) is 6.25. The van der Waals surface area contributed by atoms with Gasteiger partial charge in [0.05, 0.1) is 0 Å². The van der Waals surface area contributed by atoms with Crippen molar-refractivity contribution in [1.29, 1.82) is 0 Å². The van der Waals surface area contributed by atoms with Crippen molar-refractivity contribution in [3.63, 3.8) is 0 Å². The Morgan fingerprint density at radius 3 is 2.57 bits per heavy atom. The summed E-state index contributed by atoms with van der Waals surface area (Å²) >= 11 is 0. The first-order valence-corrected chi connectivity index (χ1v) is 7.91. The molecule has 0 bridgehead atoms. The average Bonchev–Trinajstić information content (AvgIpc) is 2.47. The minimum atomic E-state index is -0.263.